The summed E-state index contributed by atoms with van der Waals surface area (Å²) in [6.45, 7) is 5.82. The van der Waals surface area contributed by atoms with Crippen LogP contribution >= 0.6 is 0 Å². The second-order valence-electron chi connectivity index (χ2n) is 6.73. The number of phenolic OH excluding ortho intramolecular Hbond substituents is 1. The molecule has 0 bridgehead atoms. The van der Waals surface area contributed by atoms with E-state index in [0.717, 1.165) is 22.4 Å². The molecule has 0 aliphatic rings. The van der Waals surface area contributed by atoms with Gasteiger partial charge in [-0.2, -0.15) is 5.10 Å². The number of anilines is 1. The number of benzene rings is 2. The van der Waals surface area contributed by atoms with Crippen molar-refractivity contribution in [1.82, 2.24) is 10.2 Å². The molecule has 0 fully saturated rings. The summed E-state index contributed by atoms with van der Waals surface area (Å²) in [6.07, 6.45) is 0. The number of H-pyrrole nitrogens is 1. The number of hydrogen-bond donors (Lipinski definition) is 3. The number of carbonyl (C=O) groups is 1. The topological polar surface area (TPSA) is 87.2 Å². The third-order valence-electron chi connectivity index (χ3n) is 4.43. The largest absolute Gasteiger partial charge is 0.508 e. The van der Waals surface area contributed by atoms with Gasteiger partial charge in [0.15, 0.2) is 0 Å². The Balaban J connectivity index is 1.83. The fourth-order valence-electron chi connectivity index (χ4n) is 2.86. The van der Waals surface area contributed by atoms with Crippen LogP contribution in [0.25, 0.3) is 11.3 Å². The van der Waals surface area contributed by atoms with E-state index in [1.807, 2.05) is 51.1 Å². The second kappa shape index (κ2) is 7.53. The van der Waals surface area contributed by atoms with Gasteiger partial charge in [0.2, 0.25) is 0 Å². The van der Waals surface area contributed by atoms with Crippen LogP contribution in [0.1, 0.15) is 41.4 Å². The van der Waals surface area contributed by atoms with E-state index < -0.39 is 0 Å². The van der Waals surface area contributed by atoms with Crippen LogP contribution in [0.4, 0.5) is 5.69 Å². The first-order valence-corrected chi connectivity index (χ1v) is 8.73. The highest BCUT2D eigenvalue weighted by Gasteiger charge is 2.15. The Kier molecular flexibility index (Phi) is 5.16. The van der Waals surface area contributed by atoms with Crippen molar-refractivity contribution in [1.29, 1.82) is 0 Å². The number of nitrogens with zero attached hydrogens (tertiary/aromatic N) is 1. The van der Waals surface area contributed by atoms with Gasteiger partial charge in [-0.05, 0) is 54.3 Å². The van der Waals surface area contributed by atoms with Crippen LogP contribution < -0.4 is 10.1 Å². The predicted octanol–water partition coefficient (Wildman–Crippen LogP) is 4.48. The van der Waals surface area contributed by atoms with Crippen molar-refractivity contribution >= 4 is 11.6 Å². The first kappa shape index (κ1) is 18.5. The molecule has 0 radical (unpaired) electrons. The van der Waals surface area contributed by atoms with Crippen LogP contribution in [-0.4, -0.2) is 28.3 Å². The van der Waals surface area contributed by atoms with E-state index in [1.165, 1.54) is 0 Å². The lowest BCUT2D eigenvalue weighted by molar-refractivity contribution is 0.102. The Bertz CT molecular complexity index is 977. The number of phenols is 1. The number of methoxy groups -OCH3 is 1. The number of carbonyl (C=O) groups excluding carboxylic acids is 1. The van der Waals surface area contributed by atoms with Crippen molar-refractivity contribution < 1.29 is 14.6 Å². The zero-order valence-electron chi connectivity index (χ0n) is 15.8. The quantitative estimate of drug-likeness (QED) is 0.582. The average molecular weight is 365 g/mol. The third kappa shape index (κ3) is 3.95. The number of aryl methyl sites for hydroxylation is 1. The minimum atomic E-state index is -0.292. The maximum absolute atomic E-state index is 12.6. The third-order valence-corrected chi connectivity index (χ3v) is 4.43. The fraction of sp³-hybridized carbons (Fsp3) is 0.238. The zero-order chi connectivity index (χ0) is 19.6. The summed E-state index contributed by atoms with van der Waals surface area (Å²) < 4.78 is 5.23. The van der Waals surface area contributed by atoms with E-state index in [0.29, 0.717) is 17.1 Å². The van der Waals surface area contributed by atoms with Crippen LogP contribution in [-0.2, 0) is 0 Å². The van der Waals surface area contributed by atoms with Gasteiger partial charge in [-0.25, -0.2) is 0 Å². The molecule has 0 atom stereocenters. The van der Waals surface area contributed by atoms with Gasteiger partial charge >= 0.3 is 0 Å². The van der Waals surface area contributed by atoms with E-state index in [2.05, 4.69) is 15.5 Å². The number of nitrogens with one attached hydrogen (secondary N) is 2. The first-order valence-electron chi connectivity index (χ1n) is 8.73. The number of rotatable bonds is 5. The molecule has 1 aromatic heterocycles. The molecule has 2 aromatic carbocycles. The fourth-order valence-corrected chi connectivity index (χ4v) is 2.86. The van der Waals surface area contributed by atoms with E-state index in [9.17, 15) is 9.90 Å². The standard InChI is InChI=1S/C21H23N3O3/c1-12(2)16-10-17(13(3)8-20(16)25)22-21(26)19-11-18(23-24-19)14-6-5-7-15(9-14)27-4/h5-12,25H,1-4H3,(H,22,26)(H,23,24). The van der Waals surface area contributed by atoms with Gasteiger partial charge in [-0.3, -0.25) is 9.89 Å². The molecule has 3 N–H and O–H groups in total. The van der Waals surface area contributed by atoms with Crippen LogP contribution in [0.15, 0.2) is 42.5 Å². The monoisotopic (exact) mass is 365 g/mol. The summed E-state index contributed by atoms with van der Waals surface area (Å²) in [5, 5.41) is 20.0. The molecule has 0 aliphatic carbocycles. The first-order chi connectivity index (χ1) is 12.9. The summed E-state index contributed by atoms with van der Waals surface area (Å²) >= 11 is 0. The minimum absolute atomic E-state index is 0.146. The molecule has 1 amide bonds. The molecular formula is C21H23N3O3. The van der Waals surface area contributed by atoms with Crippen LogP contribution in [0.2, 0.25) is 0 Å². The Morgan fingerprint density at radius 2 is 2.00 bits per heavy atom. The maximum atomic E-state index is 12.6. The molecule has 0 unspecified atom stereocenters. The van der Waals surface area contributed by atoms with Crippen LogP contribution in [0.3, 0.4) is 0 Å². The van der Waals surface area contributed by atoms with Gasteiger partial charge in [-0.1, -0.05) is 26.0 Å². The normalized spacial score (nSPS) is 10.9. The number of aromatic nitrogens is 2. The Hall–Kier alpha value is -3.28. The van der Waals surface area contributed by atoms with Gasteiger partial charge in [-0.15, -0.1) is 0 Å². The van der Waals surface area contributed by atoms with Crippen molar-refractivity contribution in [2.45, 2.75) is 26.7 Å². The van der Waals surface area contributed by atoms with Gasteiger partial charge in [0.05, 0.1) is 12.8 Å². The molecule has 140 valence electrons. The van der Waals surface area contributed by atoms with Crippen molar-refractivity contribution in [3.05, 3.63) is 59.3 Å². The highest BCUT2D eigenvalue weighted by atomic mass is 16.5. The highest BCUT2D eigenvalue weighted by Crippen LogP contribution is 2.31. The van der Waals surface area contributed by atoms with Gasteiger partial charge in [0.25, 0.3) is 5.91 Å². The van der Waals surface area contributed by atoms with Crippen molar-refractivity contribution in [2.24, 2.45) is 0 Å². The Labute approximate surface area is 158 Å². The lowest BCUT2D eigenvalue weighted by Crippen LogP contribution is -2.13. The van der Waals surface area contributed by atoms with Crippen LogP contribution in [0, 0.1) is 6.92 Å². The number of aromatic hydroxyl groups is 1. The van der Waals surface area contributed by atoms with Gasteiger partial charge in [0.1, 0.15) is 17.2 Å². The van der Waals surface area contributed by atoms with Gasteiger partial charge < -0.3 is 15.2 Å². The molecule has 0 aliphatic heterocycles. The van der Waals surface area contributed by atoms with E-state index in [4.69, 9.17) is 4.74 Å². The lowest BCUT2D eigenvalue weighted by atomic mass is 9.99. The maximum Gasteiger partial charge on any atom is 0.273 e. The highest BCUT2D eigenvalue weighted by molar-refractivity contribution is 6.04. The second-order valence-corrected chi connectivity index (χ2v) is 6.73. The summed E-state index contributed by atoms with van der Waals surface area (Å²) in [6, 6.07) is 12.7. The molecule has 27 heavy (non-hydrogen) atoms. The number of ether oxygens (including phenoxy) is 1. The predicted molar refractivity (Wildman–Crippen MR) is 105 cm³/mol. The number of amides is 1. The molecule has 3 aromatic rings. The molecular weight excluding hydrogens is 342 g/mol. The Morgan fingerprint density at radius 3 is 2.70 bits per heavy atom. The lowest BCUT2D eigenvalue weighted by Gasteiger charge is -2.14. The van der Waals surface area contributed by atoms with Gasteiger partial charge in [0, 0.05) is 11.3 Å². The SMILES string of the molecule is COc1cccc(-c2cc(C(=O)Nc3cc(C(C)C)c(O)cc3C)[nH]n2)c1. The number of aromatic amines is 1. The van der Waals surface area contributed by atoms with E-state index in [1.54, 1.807) is 19.2 Å². The smallest absolute Gasteiger partial charge is 0.273 e. The van der Waals surface area contributed by atoms with Crippen molar-refractivity contribution in [3.63, 3.8) is 0 Å². The molecule has 0 saturated heterocycles. The summed E-state index contributed by atoms with van der Waals surface area (Å²) in [5.41, 5.74) is 4.11. The molecule has 6 heteroatoms. The zero-order valence-corrected chi connectivity index (χ0v) is 15.8. The van der Waals surface area contributed by atoms with Crippen LogP contribution in [0.5, 0.6) is 11.5 Å². The summed E-state index contributed by atoms with van der Waals surface area (Å²) in [4.78, 5) is 12.6. The summed E-state index contributed by atoms with van der Waals surface area (Å²) in [7, 11) is 1.61. The Morgan fingerprint density at radius 1 is 1.22 bits per heavy atom. The molecule has 6 nitrogen and oxygen atoms in total. The molecule has 0 saturated carbocycles. The number of hydrogen-bond acceptors (Lipinski definition) is 4. The van der Waals surface area contributed by atoms with Crippen molar-refractivity contribution in [2.75, 3.05) is 12.4 Å². The van der Waals surface area contributed by atoms with Crippen molar-refractivity contribution in [3.8, 4) is 22.8 Å². The van der Waals surface area contributed by atoms with E-state index >= 15 is 0 Å². The molecule has 1 heterocycles. The average Bonchev–Trinajstić information content (AvgIpc) is 3.14. The molecule has 0 spiro atoms. The summed E-state index contributed by atoms with van der Waals surface area (Å²) in [5.74, 6) is 0.818. The minimum Gasteiger partial charge on any atom is -0.508 e. The van der Waals surface area contributed by atoms with E-state index in [-0.39, 0.29) is 17.6 Å². The molecule has 3 rings (SSSR count).